The van der Waals surface area contributed by atoms with E-state index in [4.69, 9.17) is 5.11 Å². The van der Waals surface area contributed by atoms with Crippen molar-refractivity contribution in [3.05, 3.63) is 5.89 Å². The molecule has 1 atom stereocenters. The lowest BCUT2D eigenvalue weighted by molar-refractivity contribution is -0.137. The first kappa shape index (κ1) is 9.81. The Morgan fingerprint density at radius 2 is 2.31 bits per heavy atom. The maximum atomic E-state index is 10.2. The summed E-state index contributed by atoms with van der Waals surface area (Å²) in [5.41, 5.74) is 0. The van der Waals surface area contributed by atoms with Gasteiger partial charge in [0.05, 0.1) is 6.42 Å². The fraction of sp³-hybridized carbons (Fsp3) is 0.400. The fourth-order valence-electron chi connectivity index (χ4n) is 0.620. The molecule has 0 aromatic carbocycles. The van der Waals surface area contributed by atoms with E-state index in [0.29, 0.717) is 0 Å². The third-order valence-electron chi connectivity index (χ3n) is 1.14. The van der Waals surface area contributed by atoms with Crippen molar-refractivity contribution in [2.75, 3.05) is 0 Å². The Hall–Kier alpha value is -1.28. The van der Waals surface area contributed by atoms with Gasteiger partial charge in [0, 0.05) is 17.5 Å². The van der Waals surface area contributed by atoms with Gasteiger partial charge in [-0.3, -0.25) is 9.00 Å². The Balaban J connectivity index is 2.59. The summed E-state index contributed by atoms with van der Waals surface area (Å²) in [6.45, 7) is 0. The normalized spacial score (nSPS) is 12.7. The van der Waals surface area contributed by atoms with E-state index < -0.39 is 22.3 Å². The van der Waals surface area contributed by atoms with Crippen LogP contribution in [0.4, 0.5) is 0 Å². The maximum Gasteiger partial charge on any atom is 0.303 e. The number of hydrogen-bond acceptors (Lipinski definition) is 6. The minimum atomic E-state index is -2.56. The summed E-state index contributed by atoms with van der Waals surface area (Å²) in [4.78, 5) is 10.1. The van der Waals surface area contributed by atoms with E-state index in [9.17, 15) is 13.6 Å². The average molecular weight is 205 g/mol. The molecule has 72 valence electrons. The summed E-state index contributed by atoms with van der Waals surface area (Å²) in [5, 5.41) is 14.3. The topological polar surface area (TPSA) is 116 Å². The molecular weight excluding hydrogens is 200 g/mol. The zero-order chi connectivity index (χ0) is 9.84. The smallest absolute Gasteiger partial charge is 0.303 e. The van der Waals surface area contributed by atoms with Crippen LogP contribution in [0.1, 0.15) is 12.3 Å². The fourth-order valence-corrected chi connectivity index (χ4v) is 0.892. The van der Waals surface area contributed by atoms with E-state index in [1.165, 1.54) is 0 Å². The largest absolute Gasteiger partial charge is 0.765 e. The summed E-state index contributed by atoms with van der Waals surface area (Å²) in [6.07, 6.45) is -0.146. The summed E-state index contributed by atoms with van der Waals surface area (Å²) in [5.74, 6) is -1.01. The van der Waals surface area contributed by atoms with E-state index >= 15 is 0 Å². The molecule has 0 aliphatic heterocycles. The Labute approximate surface area is 75.1 Å². The minimum Gasteiger partial charge on any atom is -0.765 e. The molecule has 0 saturated carbocycles. The van der Waals surface area contributed by atoms with Gasteiger partial charge in [0.25, 0.3) is 5.22 Å². The quantitative estimate of drug-likeness (QED) is 0.647. The number of carboxylic acids is 1. The third kappa shape index (κ3) is 2.92. The number of aliphatic carboxylic acids is 1. The number of nitrogens with zero attached hydrogens (tertiary/aromatic N) is 2. The molecule has 0 aliphatic carbocycles. The highest BCUT2D eigenvalue weighted by Crippen LogP contribution is 2.04. The van der Waals surface area contributed by atoms with Crippen LogP contribution >= 0.6 is 0 Å². The molecule has 0 spiro atoms. The minimum absolute atomic E-state index is 0.00148. The Morgan fingerprint density at radius 3 is 2.77 bits per heavy atom. The van der Waals surface area contributed by atoms with Crippen LogP contribution in [0.3, 0.4) is 0 Å². The molecule has 0 saturated heterocycles. The van der Waals surface area contributed by atoms with Crippen LogP contribution < -0.4 is 0 Å². The number of aromatic nitrogens is 2. The molecule has 1 aromatic heterocycles. The maximum absolute atomic E-state index is 10.2. The van der Waals surface area contributed by atoms with Gasteiger partial charge >= 0.3 is 5.97 Å². The lowest BCUT2D eigenvalue weighted by Crippen LogP contribution is -1.97. The van der Waals surface area contributed by atoms with Gasteiger partial charge in [-0.1, -0.05) is 5.10 Å². The summed E-state index contributed by atoms with van der Waals surface area (Å²) in [6, 6.07) is 0. The second-order valence-electron chi connectivity index (χ2n) is 2.09. The second-order valence-corrected chi connectivity index (χ2v) is 2.91. The van der Waals surface area contributed by atoms with E-state index in [1.807, 2.05) is 0 Å². The van der Waals surface area contributed by atoms with Gasteiger partial charge in [0.15, 0.2) is 0 Å². The number of carboxylic acid groups (broad SMARTS) is 1. The number of rotatable bonds is 4. The lowest BCUT2D eigenvalue weighted by Gasteiger charge is -1.94. The molecule has 1 unspecified atom stereocenters. The predicted octanol–water partition coefficient (Wildman–Crippen LogP) is -0.675. The molecule has 7 nitrogen and oxygen atoms in total. The van der Waals surface area contributed by atoms with Gasteiger partial charge < -0.3 is 14.1 Å². The van der Waals surface area contributed by atoms with Gasteiger partial charge in [0.2, 0.25) is 5.89 Å². The average Bonchev–Trinajstić information content (AvgIpc) is 2.48. The van der Waals surface area contributed by atoms with Crippen molar-refractivity contribution in [2.45, 2.75) is 18.1 Å². The molecule has 0 fully saturated rings. The van der Waals surface area contributed by atoms with Crippen LogP contribution in [0, 0.1) is 0 Å². The molecule has 13 heavy (non-hydrogen) atoms. The zero-order valence-electron chi connectivity index (χ0n) is 6.30. The van der Waals surface area contributed by atoms with Crippen LogP contribution in [0.5, 0.6) is 0 Å². The highest BCUT2D eigenvalue weighted by molar-refractivity contribution is 7.78. The number of carbonyl (C=O) groups is 1. The molecule has 0 amide bonds. The Kier molecular flexibility index (Phi) is 3.09. The standard InChI is InChI=1S/C5H6N2O5S/c8-4(9)2-1-3-6-7-5(12-3)13(10)11/h1-2H2,(H,8,9)(H,10,11)/p-1. The first-order valence-electron chi connectivity index (χ1n) is 3.23. The van der Waals surface area contributed by atoms with Gasteiger partial charge in [-0.05, 0) is 0 Å². The van der Waals surface area contributed by atoms with Gasteiger partial charge in [-0.15, -0.1) is 5.10 Å². The van der Waals surface area contributed by atoms with E-state index in [0.717, 1.165) is 0 Å². The van der Waals surface area contributed by atoms with Crippen LogP contribution in [0.2, 0.25) is 0 Å². The molecule has 8 heteroatoms. The van der Waals surface area contributed by atoms with Crippen molar-refractivity contribution in [3.8, 4) is 0 Å². The molecule has 1 heterocycles. The molecule has 0 radical (unpaired) electrons. The SMILES string of the molecule is O=C(O)CCc1nnc(S(=O)[O-])o1. The van der Waals surface area contributed by atoms with Crippen molar-refractivity contribution < 1.29 is 23.1 Å². The summed E-state index contributed by atoms with van der Waals surface area (Å²) < 4.78 is 25.1. The van der Waals surface area contributed by atoms with Crippen LogP contribution in [-0.2, 0) is 22.3 Å². The van der Waals surface area contributed by atoms with Crippen molar-refractivity contribution in [1.29, 1.82) is 0 Å². The molecule has 0 aliphatic rings. The van der Waals surface area contributed by atoms with Gasteiger partial charge in [-0.25, -0.2) is 0 Å². The monoisotopic (exact) mass is 205 g/mol. The van der Waals surface area contributed by atoms with E-state index in [-0.39, 0.29) is 18.7 Å². The highest BCUT2D eigenvalue weighted by Gasteiger charge is 2.07. The zero-order valence-corrected chi connectivity index (χ0v) is 7.11. The van der Waals surface area contributed by atoms with Crippen molar-refractivity contribution >= 4 is 17.0 Å². The number of aryl methyl sites for hydroxylation is 1. The molecular formula is C5H5N2O5S-. The van der Waals surface area contributed by atoms with Crippen molar-refractivity contribution in [3.63, 3.8) is 0 Å². The molecule has 1 N–H and O–H groups in total. The van der Waals surface area contributed by atoms with Gasteiger partial charge in [0.1, 0.15) is 0 Å². The Morgan fingerprint density at radius 1 is 1.62 bits per heavy atom. The predicted molar refractivity (Wildman–Crippen MR) is 37.4 cm³/mol. The second kappa shape index (κ2) is 4.10. The van der Waals surface area contributed by atoms with Crippen LogP contribution in [0.25, 0.3) is 0 Å². The first-order chi connectivity index (χ1) is 6.09. The summed E-state index contributed by atoms with van der Waals surface area (Å²) in [7, 11) is 0. The van der Waals surface area contributed by atoms with E-state index in [1.54, 1.807) is 0 Å². The lowest BCUT2D eigenvalue weighted by atomic mass is 10.3. The third-order valence-corrected chi connectivity index (χ3v) is 1.59. The molecule has 0 bridgehead atoms. The molecule has 1 aromatic rings. The first-order valence-corrected chi connectivity index (χ1v) is 4.30. The number of hydrogen-bond donors (Lipinski definition) is 1. The molecule has 1 rings (SSSR count). The van der Waals surface area contributed by atoms with Crippen LogP contribution in [-0.4, -0.2) is 30.0 Å². The Bertz CT molecular complexity index is 335. The van der Waals surface area contributed by atoms with Crippen molar-refractivity contribution in [2.24, 2.45) is 0 Å². The van der Waals surface area contributed by atoms with E-state index in [2.05, 4.69) is 14.6 Å². The summed E-state index contributed by atoms with van der Waals surface area (Å²) >= 11 is -2.56. The highest BCUT2D eigenvalue weighted by atomic mass is 32.2. The van der Waals surface area contributed by atoms with Crippen molar-refractivity contribution in [1.82, 2.24) is 10.2 Å². The van der Waals surface area contributed by atoms with Crippen LogP contribution in [0.15, 0.2) is 9.64 Å². The van der Waals surface area contributed by atoms with Gasteiger partial charge in [-0.2, -0.15) is 0 Å².